The summed E-state index contributed by atoms with van der Waals surface area (Å²) in [4.78, 5) is 15.2. The van der Waals surface area contributed by atoms with E-state index in [1.54, 1.807) is 0 Å². The van der Waals surface area contributed by atoms with Gasteiger partial charge in [-0.25, -0.2) is 0 Å². The van der Waals surface area contributed by atoms with Crippen molar-refractivity contribution in [3.63, 3.8) is 0 Å². The molecule has 2 heterocycles. The van der Waals surface area contributed by atoms with Crippen LogP contribution < -0.4 is 10.2 Å². The highest BCUT2D eigenvalue weighted by Gasteiger charge is 2.17. The molecule has 0 saturated carbocycles. The molecule has 0 spiro atoms. The first-order chi connectivity index (χ1) is 9.60. The van der Waals surface area contributed by atoms with Crippen LogP contribution in [-0.4, -0.2) is 34.1 Å². The predicted molar refractivity (Wildman–Crippen MR) is 83.4 cm³/mol. The van der Waals surface area contributed by atoms with Crippen LogP contribution in [0.15, 0.2) is 0 Å². The molecule has 0 aromatic carbocycles. The number of piperidine rings is 1. The molecule has 1 aromatic heterocycles. The average molecular weight is 298 g/mol. The van der Waals surface area contributed by atoms with Crippen molar-refractivity contribution in [2.24, 2.45) is 5.92 Å². The monoisotopic (exact) mass is 297 g/mol. The van der Waals surface area contributed by atoms with Crippen LogP contribution in [-0.2, 0) is 0 Å². The van der Waals surface area contributed by atoms with Crippen LogP contribution in [0.5, 0.6) is 0 Å². The average Bonchev–Trinajstić information content (AvgIpc) is 2.45. The van der Waals surface area contributed by atoms with Crippen molar-refractivity contribution in [2.75, 3.05) is 23.3 Å². The van der Waals surface area contributed by atoms with Crippen LogP contribution >= 0.6 is 11.6 Å². The van der Waals surface area contributed by atoms with Crippen LogP contribution in [0.3, 0.4) is 0 Å². The molecule has 0 amide bonds. The maximum Gasteiger partial charge on any atom is 0.231 e. The lowest BCUT2D eigenvalue weighted by Gasteiger charge is -2.27. The Bertz CT molecular complexity index is 432. The van der Waals surface area contributed by atoms with E-state index in [-0.39, 0.29) is 5.28 Å². The van der Waals surface area contributed by atoms with Gasteiger partial charge in [-0.05, 0) is 43.2 Å². The smallest absolute Gasteiger partial charge is 0.231 e. The second kappa shape index (κ2) is 7.07. The Morgan fingerprint density at radius 1 is 1.15 bits per heavy atom. The second-order valence-electron chi connectivity index (χ2n) is 5.68. The fourth-order valence-corrected chi connectivity index (χ4v) is 2.70. The summed E-state index contributed by atoms with van der Waals surface area (Å²) in [7, 11) is 0. The molecule has 1 atom stereocenters. The number of hydrogen-bond donors (Lipinski definition) is 1. The van der Waals surface area contributed by atoms with E-state index in [2.05, 4.69) is 45.9 Å². The van der Waals surface area contributed by atoms with Gasteiger partial charge < -0.3 is 10.2 Å². The number of anilines is 2. The SMILES string of the molecule is CCC(Nc1nc(Cl)nc(N2CCCCC2)n1)C(C)C. The van der Waals surface area contributed by atoms with Crippen molar-refractivity contribution in [1.29, 1.82) is 0 Å². The Labute approximate surface area is 126 Å². The number of nitrogens with one attached hydrogen (secondary N) is 1. The van der Waals surface area contributed by atoms with Crippen LogP contribution in [0.4, 0.5) is 11.9 Å². The summed E-state index contributed by atoms with van der Waals surface area (Å²) in [6, 6.07) is 0.350. The molecule has 6 heteroatoms. The van der Waals surface area contributed by atoms with Gasteiger partial charge in [0.05, 0.1) is 0 Å². The Hall–Kier alpha value is -1.10. The van der Waals surface area contributed by atoms with E-state index < -0.39 is 0 Å². The zero-order chi connectivity index (χ0) is 14.5. The van der Waals surface area contributed by atoms with Gasteiger partial charge in [0.2, 0.25) is 17.2 Å². The molecule has 5 nitrogen and oxygen atoms in total. The number of hydrogen-bond acceptors (Lipinski definition) is 5. The van der Waals surface area contributed by atoms with Crippen molar-refractivity contribution in [3.05, 3.63) is 5.28 Å². The van der Waals surface area contributed by atoms with Crippen LogP contribution in [0.2, 0.25) is 5.28 Å². The number of rotatable bonds is 5. The Kier molecular flexibility index (Phi) is 5.40. The Morgan fingerprint density at radius 2 is 1.85 bits per heavy atom. The second-order valence-corrected chi connectivity index (χ2v) is 6.02. The molecule has 2 rings (SSSR count). The first-order valence-corrected chi connectivity index (χ1v) is 7.91. The van der Waals surface area contributed by atoms with Gasteiger partial charge in [0.1, 0.15) is 0 Å². The highest BCUT2D eigenvalue weighted by molar-refractivity contribution is 6.28. The van der Waals surface area contributed by atoms with Gasteiger partial charge in [0.15, 0.2) is 0 Å². The number of nitrogens with zero attached hydrogens (tertiary/aromatic N) is 4. The van der Waals surface area contributed by atoms with Gasteiger partial charge in [0.25, 0.3) is 0 Å². The van der Waals surface area contributed by atoms with Crippen molar-refractivity contribution in [1.82, 2.24) is 15.0 Å². The largest absolute Gasteiger partial charge is 0.351 e. The summed E-state index contributed by atoms with van der Waals surface area (Å²) in [5.74, 6) is 1.81. The first-order valence-electron chi connectivity index (χ1n) is 7.53. The molecular weight excluding hydrogens is 274 g/mol. The third kappa shape index (κ3) is 3.95. The molecular formula is C14H24ClN5. The van der Waals surface area contributed by atoms with Gasteiger partial charge in [-0.3, -0.25) is 0 Å². The highest BCUT2D eigenvalue weighted by Crippen LogP contribution is 2.20. The van der Waals surface area contributed by atoms with E-state index in [4.69, 9.17) is 11.6 Å². The van der Waals surface area contributed by atoms with Gasteiger partial charge in [-0.15, -0.1) is 0 Å². The molecule has 1 N–H and O–H groups in total. The lowest BCUT2D eigenvalue weighted by molar-refractivity contribution is 0.507. The van der Waals surface area contributed by atoms with E-state index in [9.17, 15) is 0 Å². The fraction of sp³-hybridized carbons (Fsp3) is 0.786. The summed E-state index contributed by atoms with van der Waals surface area (Å²) < 4.78 is 0. The van der Waals surface area contributed by atoms with Crippen LogP contribution in [0.25, 0.3) is 0 Å². The molecule has 1 fully saturated rings. The Morgan fingerprint density at radius 3 is 2.45 bits per heavy atom. The van der Waals surface area contributed by atoms with E-state index in [1.165, 1.54) is 19.3 Å². The topological polar surface area (TPSA) is 53.9 Å². The van der Waals surface area contributed by atoms with Crippen molar-refractivity contribution >= 4 is 23.5 Å². The van der Waals surface area contributed by atoms with Gasteiger partial charge in [-0.2, -0.15) is 15.0 Å². The maximum atomic E-state index is 6.05. The number of aromatic nitrogens is 3. The summed E-state index contributed by atoms with van der Waals surface area (Å²) in [6.45, 7) is 8.54. The molecule has 0 bridgehead atoms. The quantitative estimate of drug-likeness (QED) is 0.903. The molecule has 1 unspecified atom stereocenters. The summed E-state index contributed by atoms with van der Waals surface area (Å²) in [5, 5.41) is 3.64. The molecule has 112 valence electrons. The lowest BCUT2D eigenvalue weighted by atomic mass is 10.0. The van der Waals surface area contributed by atoms with E-state index >= 15 is 0 Å². The van der Waals surface area contributed by atoms with Crippen LogP contribution in [0.1, 0.15) is 46.5 Å². The molecule has 1 aliphatic rings. The van der Waals surface area contributed by atoms with Crippen molar-refractivity contribution in [2.45, 2.75) is 52.5 Å². The minimum atomic E-state index is 0.265. The first kappa shape index (κ1) is 15.3. The lowest BCUT2D eigenvalue weighted by Crippen LogP contribution is -2.32. The zero-order valence-corrected chi connectivity index (χ0v) is 13.3. The summed E-state index contributed by atoms with van der Waals surface area (Å²) in [5.41, 5.74) is 0. The van der Waals surface area contributed by atoms with E-state index in [0.717, 1.165) is 19.5 Å². The van der Waals surface area contributed by atoms with Gasteiger partial charge in [-0.1, -0.05) is 20.8 Å². The molecule has 0 radical (unpaired) electrons. The summed E-state index contributed by atoms with van der Waals surface area (Å²) in [6.07, 6.45) is 4.69. The molecule has 1 aromatic rings. The van der Waals surface area contributed by atoms with Crippen LogP contribution in [0, 0.1) is 5.92 Å². The van der Waals surface area contributed by atoms with Crippen molar-refractivity contribution < 1.29 is 0 Å². The third-order valence-electron chi connectivity index (χ3n) is 3.79. The zero-order valence-electron chi connectivity index (χ0n) is 12.6. The van der Waals surface area contributed by atoms with Gasteiger partial charge >= 0.3 is 0 Å². The third-order valence-corrected chi connectivity index (χ3v) is 3.96. The Balaban J connectivity index is 2.15. The van der Waals surface area contributed by atoms with E-state index in [0.29, 0.717) is 23.9 Å². The molecule has 1 aliphatic heterocycles. The molecule has 20 heavy (non-hydrogen) atoms. The summed E-state index contributed by atoms with van der Waals surface area (Å²) >= 11 is 6.05. The number of halogens is 1. The van der Waals surface area contributed by atoms with E-state index in [1.807, 2.05) is 0 Å². The maximum absolute atomic E-state index is 6.05. The highest BCUT2D eigenvalue weighted by atomic mass is 35.5. The minimum Gasteiger partial charge on any atom is -0.351 e. The normalized spacial score (nSPS) is 17.4. The van der Waals surface area contributed by atoms with Gasteiger partial charge in [0, 0.05) is 19.1 Å². The molecule has 1 saturated heterocycles. The fourth-order valence-electron chi connectivity index (χ4n) is 2.55. The predicted octanol–water partition coefficient (Wildman–Crippen LogP) is 3.36. The van der Waals surface area contributed by atoms with Crippen molar-refractivity contribution in [3.8, 4) is 0 Å². The minimum absolute atomic E-state index is 0.265. The molecule has 0 aliphatic carbocycles. The standard InChI is InChI=1S/C14H24ClN5/c1-4-11(10(2)3)16-13-17-12(15)18-14(19-13)20-8-6-5-7-9-20/h10-11H,4-9H2,1-3H3,(H,16,17,18,19).